The predicted molar refractivity (Wildman–Crippen MR) is 106 cm³/mol. The van der Waals surface area contributed by atoms with E-state index in [2.05, 4.69) is 23.9 Å². The molecule has 1 saturated carbocycles. The highest BCUT2D eigenvalue weighted by Gasteiger charge is 2.31. The van der Waals surface area contributed by atoms with Crippen LogP contribution in [0.25, 0.3) is 5.52 Å². The molecular weight excluding hydrogens is 361 g/mol. The van der Waals surface area contributed by atoms with Gasteiger partial charge in [-0.1, -0.05) is 0 Å². The molecule has 1 aliphatic carbocycles. The standard InChI is InChI=1S/C21H26FN3O3/c1-12-18-15(13-4-5-13)10-16(21(27)28)20(26)25(18)11-17(22)19(12)24-8-6-14(7-9-24)23(2)3/h10-11,13-14H,4-9H2,1-3H3,(H,27,28). The number of aromatic nitrogens is 1. The molecule has 2 fully saturated rings. The first-order valence-corrected chi connectivity index (χ1v) is 9.82. The quantitative estimate of drug-likeness (QED) is 0.874. The van der Waals surface area contributed by atoms with E-state index in [4.69, 9.17) is 0 Å². The Morgan fingerprint density at radius 1 is 1.21 bits per heavy atom. The first-order valence-electron chi connectivity index (χ1n) is 9.82. The van der Waals surface area contributed by atoms with Crippen molar-refractivity contribution < 1.29 is 14.3 Å². The molecule has 1 aliphatic heterocycles. The van der Waals surface area contributed by atoms with Crippen molar-refractivity contribution >= 4 is 17.2 Å². The molecule has 0 unspecified atom stereocenters. The number of carboxylic acids is 1. The number of halogens is 1. The average molecular weight is 387 g/mol. The fourth-order valence-corrected chi connectivity index (χ4v) is 4.49. The molecule has 7 heteroatoms. The van der Waals surface area contributed by atoms with Crippen LogP contribution in [0.1, 0.15) is 53.1 Å². The third-order valence-corrected chi connectivity index (χ3v) is 6.20. The second-order valence-electron chi connectivity index (χ2n) is 8.25. The van der Waals surface area contributed by atoms with E-state index in [0.29, 0.717) is 17.2 Å². The van der Waals surface area contributed by atoms with Crippen LogP contribution in [-0.2, 0) is 0 Å². The molecule has 3 heterocycles. The van der Waals surface area contributed by atoms with Gasteiger partial charge in [-0.15, -0.1) is 0 Å². The molecule has 150 valence electrons. The van der Waals surface area contributed by atoms with Gasteiger partial charge >= 0.3 is 5.97 Å². The summed E-state index contributed by atoms with van der Waals surface area (Å²) in [7, 11) is 4.13. The molecule has 28 heavy (non-hydrogen) atoms. The molecule has 0 spiro atoms. The fourth-order valence-electron chi connectivity index (χ4n) is 4.49. The van der Waals surface area contributed by atoms with Crippen molar-refractivity contribution in [2.24, 2.45) is 0 Å². The Morgan fingerprint density at radius 3 is 2.39 bits per heavy atom. The van der Waals surface area contributed by atoms with Crippen molar-refractivity contribution in [2.75, 3.05) is 32.1 Å². The zero-order chi connectivity index (χ0) is 20.2. The average Bonchev–Trinajstić information content (AvgIpc) is 3.47. The Hall–Kier alpha value is -2.41. The molecule has 0 aromatic carbocycles. The smallest absolute Gasteiger partial charge is 0.341 e. The van der Waals surface area contributed by atoms with Crippen molar-refractivity contribution in [1.29, 1.82) is 0 Å². The van der Waals surface area contributed by atoms with Crippen LogP contribution in [0.3, 0.4) is 0 Å². The summed E-state index contributed by atoms with van der Waals surface area (Å²) in [5, 5.41) is 9.40. The van der Waals surface area contributed by atoms with E-state index < -0.39 is 17.3 Å². The van der Waals surface area contributed by atoms with E-state index in [1.807, 2.05) is 6.92 Å². The maximum atomic E-state index is 15.1. The first kappa shape index (κ1) is 18.9. The number of carboxylic acid groups (broad SMARTS) is 1. The Morgan fingerprint density at radius 2 is 1.86 bits per heavy atom. The number of nitrogens with zero attached hydrogens (tertiary/aromatic N) is 3. The van der Waals surface area contributed by atoms with Gasteiger partial charge in [0.25, 0.3) is 5.56 Å². The monoisotopic (exact) mass is 387 g/mol. The van der Waals surface area contributed by atoms with Crippen molar-refractivity contribution in [3.8, 4) is 0 Å². The summed E-state index contributed by atoms with van der Waals surface area (Å²) in [5.74, 6) is -1.50. The number of aromatic carboxylic acids is 1. The van der Waals surface area contributed by atoms with E-state index in [1.165, 1.54) is 16.7 Å². The largest absolute Gasteiger partial charge is 0.477 e. The Bertz CT molecular complexity index is 1000. The molecule has 2 aliphatic rings. The van der Waals surface area contributed by atoms with Crippen LogP contribution in [0.5, 0.6) is 0 Å². The molecule has 2 aromatic heterocycles. The van der Waals surface area contributed by atoms with Gasteiger partial charge in [-0.05, 0) is 69.8 Å². The van der Waals surface area contributed by atoms with Crippen LogP contribution >= 0.6 is 0 Å². The van der Waals surface area contributed by atoms with Gasteiger partial charge in [0.1, 0.15) is 5.56 Å². The highest BCUT2D eigenvalue weighted by Crippen LogP contribution is 2.44. The van der Waals surface area contributed by atoms with E-state index in [9.17, 15) is 14.7 Å². The highest BCUT2D eigenvalue weighted by atomic mass is 19.1. The molecule has 4 rings (SSSR count). The topological polar surface area (TPSA) is 65.3 Å². The summed E-state index contributed by atoms with van der Waals surface area (Å²) in [6, 6.07) is 1.99. The number of hydrogen-bond acceptors (Lipinski definition) is 4. The van der Waals surface area contributed by atoms with Gasteiger partial charge < -0.3 is 14.9 Å². The zero-order valence-electron chi connectivity index (χ0n) is 16.5. The lowest BCUT2D eigenvalue weighted by Gasteiger charge is -2.37. The summed E-state index contributed by atoms with van der Waals surface area (Å²) >= 11 is 0. The van der Waals surface area contributed by atoms with E-state index in [1.54, 1.807) is 0 Å². The van der Waals surface area contributed by atoms with Crippen LogP contribution in [0.2, 0.25) is 0 Å². The van der Waals surface area contributed by atoms with Crippen molar-refractivity contribution in [2.45, 2.75) is 44.6 Å². The SMILES string of the molecule is Cc1c(N2CCC(N(C)C)CC2)c(F)cn2c(=O)c(C(=O)O)cc(C3CC3)c12. The molecule has 1 saturated heterocycles. The number of piperidine rings is 1. The van der Waals surface area contributed by atoms with E-state index in [0.717, 1.165) is 49.9 Å². The summed E-state index contributed by atoms with van der Waals surface area (Å²) < 4.78 is 16.3. The second-order valence-corrected chi connectivity index (χ2v) is 8.25. The molecule has 1 N–H and O–H groups in total. The van der Waals surface area contributed by atoms with Gasteiger partial charge in [0.2, 0.25) is 0 Å². The summed E-state index contributed by atoms with van der Waals surface area (Å²) in [6.07, 6.45) is 5.02. The van der Waals surface area contributed by atoms with E-state index in [-0.39, 0.29) is 11.5 Å². The van der Waals surface area contributed by atoms with Crippen LogP contribution in [0, 0.1) is 12.7 Å². The minimum atomic E-state index is -1.27. The van der Waals surface area contributed by atoms with Crippen LogP contribution in [0.15, 0.2) is 17.1 Å². The number of rotatable bonds is 4. The lowest BCUT2D eigenvalue weighted by Crippen LogP contribution is -2.42. The molecule has 2 aromatic rings. The molecule has 0 atom stereocenters. The first-order chi connectivity index (χ1) is 13.3. The summed E-state index contributed by atoms with van der Waals surface area (Å²) in [5.41, 5.74) is 1.81. The minimum Gasteiger partial charge on any atom is -0.477 e. The van der Waals surface area contributed by atoms with Gasteiger partial charge in [0.15, 0.2) is 5.82 Å². The van der Waals surface area contributed by atoms with Gasteiger partial charge in [-0.3, -0.25) is 9.20 Å². The Labute approximate surface area is 163 Å². The molecule has 0 bridgehead atoms. The molecule has 6 nitrogen and oxygen atoms in total. The normalized spacial score (nSPS) is 18.2. The van der Waals surface area contributed by atoms with Crippen molar-refractivity contribution in [3.63, 3.8) is 0 Å². The highest BCUT2D eigenvalue weighted by molar-refractivity contribution is 5.89. The summed E-state index contributed by atoms with van der Waals surface area (Å²) in [4.78, 5) is 28.5. The van der Waals surface area contributed by atoms with Gasteiger partial charge in [-0.2, -0.15) is 0 Å². The molecule has 0 amide bonds. The third-order valence-electron chi connectivity index (χ3n) is 6.20. The molecular formula is C21H26FN3O3. The number of pyridine rings is 2. The van der Waals surface area contributed by atoms with Crippen LogP contribution in [-0.4, -0.2) is 53.6 Å². The van der Waals surface area contributed by atoms with Gasteiger partial charge in [0.05, 0.1) is 17.4 Å². The minimum absolute atomic E-state index is 0.241. The zero-order valence-corrected chi connectivity index (χ0v) is 16.5. The van der Waals surface area contributed by atoms with Gasteiger partial charge in [0, 0.05) is 19.1 Å². The number of carbonyl (C=O) groups is 1. The van der Waals surface area contributed by atoms with Crippen molar-refractivity contribution in [3.05, 3.63) is 45.1 Å². The third kappa shape index (κ3) is 3.07. The fraction of sp³-hybridized carbons (Fsp3) is 0.524. The Balaban J connectivity index is 1.86. The maximum Gasteiger partial charge on any atom is 0.341 e. The lowest BCUT2D eigenvalue weighted by molar-refractivity contribution is 0.0694. The van der Waals surface area contributed by atoms with Crippen LogP contribution < -0.4 is 10.5 Å². The number of aryl methyl sites for hydroxylation is 1. The lowest BCUT2D eigenvalue weighted by atomic mass is 9.99. The number of anilines is 1. The maximum absolute atomic E-state index is 15.1. The molecule has 0 radical (unpaired) electrons. The predicted octanol–water partition coefficient (Wildman–Crippen LogP) is 2.85. The number of hydrogen-bond donors (Lipinski definition) is 1. The second kappa shape index (κ2) is 6.88. The number of fused-ring (bicyclic) bond motifs is 1. The van der Waals surface area contributed by atoms with Crippen molar-refractivity contribution in [1.82, 2.24) is 9.30 Å². The van der Waals surface area contributed by atoms with Crippen LogP contribution in [0.4, 0.5) is 10.1 Å². The van der Waals surface area contributed by atoms with Gasteiger partial charge in [-0.25, -0.2) is 9.18 Å². The Kier molecular flexibility index (Phi) is 4.65. The summed E-state index contributed by atoms with van der Waals surface area (Å²) in [6.45, 7) is 3.36. The van der Waals surface area contributed by atoms with E-state index >= 15 is 4.39 Å².